The number of thioether (sulfide) groups is 1. The van der Waals surface area contributed by atoms with Crippen molar-refractivity contribution in [3.05, 3.63) is 0 Å². The molecule has 2 aliphatic heterocycles. The Morgan fingerprint density at radius 3 is 2.40 bits per heavy atom. The fourth-order valence-corrected chi connectivity index (χ4v) is 6.60. The normalized spacial score (nSPS) is 37.9. The van der Waals surface area contributed by atoms with Gasteiger partial charge >= 0.3 is 5.97 Å². The second-order valence-electron chi connectivity index (χ2n) is 7.64. The van der Waals surface area contributed by atoms with Crippen molar-refractivity contribution in [3.63, 3.8) is 0 Å². The van der Waals surface area contributed by atoms with Crippen molar-refractivity contribution < 1.29 is 14.3 Å². The molecule has 2 N–H and O–H groups in total. The molecule has 2 heterocycles. The molecule has 2 bridgehead atoms. The summed E-state index contributed by atoms with van der Waals surface area (Å²) in [6, 6.07) is 0.0376. The lowest BCUT2D eigenvalue weighted by atomic mass is 9.74. The van der Waals surface area contributed by atoms with Crippen LogP contribution in [-0.2, 0) is 14.3 Å². The van der Waals surface area contributed by atoms with Gasteiger partial charge in [-0.25, -0.2) is 0 Å². The van der Waals surface area contributed by atoms with E-state index in [0.29, 0.717) is 5.05 Å². The SMILES string of the molecule is CC(N)CC1C2CCCCC3C(=S)OC(=O)C3CCC1C(=S)SC2=O. The molecular formula is C18H25NO3S3. The molecule has 6 unspecified atom stereocenters. The number of nitrogens with two attached hydrogens (primary N) is 1. The first kappa shape index (κ1) is 19.4. The molecule has 0 aromatic heterocycles. The van der Waals surface area contributed by atoms with E-state index in [0.717, 1.165) is 49.1 Å². The molecule has 7 heteroatoms. The second-order valence-corrected chi connectivity index (χ2v) is 9.79. The Kier molecular flexibility index (Phi) is 6.29. The quantitative estimate of drug-likeness (QED) is 0.561. The maximum absolute atomic E-state index is 12.6. The van der Waals surface area contributed by atoms with Crippen LogP contribution in [0, 0.1) is 29.6 Å². The van der Waals surface area contributed by atoms with Gasteiger partial charge < -0.3 is 10.5 Å². The second kappa shape index (κ2) is 8.11. The maximum atomic E-state index is 12.6. The zero-order valence-corrected chi connectivity index (χ0v) is 16.9. The van der Waals surface area contributed by atoms with Crippen molar-refractivity contribution in [3.8, 4) is 0 Å². The highest BCUT2D eigenvalue weighted by molar-refractivity contribution is 8.33. The fourth-order valence-electron chi connectivity index (χ4n) is 4.61. The lowest BCUT2D eigenvalue weighted by molar-refractivity contribution is -0.137. The number of hydrogen-bond donors (Lipinski definition) is 1. The molecule has 0 radical (unpaired) electrons. The van der Waals surface area contributed by atoms with Crippen LogP contribution in [0.25, 0.3) is 0 Å². The first-order valence-corrected chi connectivity index (χ1v) is 10.8. The summed E-state index contributed by atoms with van der Waals surface area (Å²) in [6.45, 7) is 1.99. The monoisotopic (exact) mass is 399 g/mol. The van der Waals surface area contributed by atoms with Gasteiger partial charge in [0, 0.05) is 23.8 Å². The average molecular weight is 400 g/mol. The number of cyclic esters (lactones) is 1. The number of carbonyl (C=O) groups is 2. The summed E-state index contributed by atoms with van der Waals surface area (Å²) in [5.74, 6) is 0.107. The lowest BCUT2D eigenvalue weighted by Crippen LogP contribution is -2.40. The van der Waals surface area contributed by atoms with Crippen LogP contribution < -0.4 is 5.73 Å². The standard InChI is InChI=1S/C18H25NO3S3/c1-9(19)8-14-11-4-2-3-5-12-10(15(20)22-17(12)23)6-7-13(14)18(24)25-16(11)21/h9-14H,2-8,19H2,1H3. The van der Waals surface area contributed by atoms with Gasteiger partial charge in [0.1, 0.15) is 0 Å². The Morgan fingerprint density at radius 2 is 1.72 bits per heavy atom. The maximum Gasteiger partial charge on any atom is 0.315 e. The first-order valence-electron chi connectivity index (χ1n) is 9.15. The van der Waals surface area contributed by atoms with E-state index in [1.165, 1.54) is 11.8 Å². The summed E-state index contributed by atoms with van der Waals surface area (Å²) >= 11 is 12.1. The molecule has 138 valence electrons. The number of hydrogen-bond acceptors (Lipinski definition) is 7. The van der Waals surface area contributed by atoms with Crippen LogP contribution in [0.3, 0.4) is 0 Å². The predicted octanol–water partition coefficient (Wildman–Crippen LogP) is 3.64. The third kappa shape index (κ3) is 4.15. The molecule has 25 heavy (non-hydrogen) atoms. The van der Waals surface area contributed by atoms with Crippen molar-refractivity contribution in [2.24, 2.45) is 35.3 Å². The highest BCUT2D eigenvalue weighted by Gasteiger charge is 2.45. The molecule has 3 rings (SSSR count). The number of rotatable bonds is 2. The van der Waals surface area contributed by atoms with Crippen LogP contribution in [-0.4, -0.2) is 26.4 Å². The number of fused-ring (bicyclic) bond motifs is 3. The Labute approximate surface area is 164 Å². The largest absolute Gasteiger partial charge is 0.419 e. The lowest BCUT2D eigenvalue weighted by Gasteiger charge is -2.38. The first-order chi connectivity index (χ1) is 11.9. The van der Waals surface area contributed by atoms with Gasteiger partial charge in [0.2, 0.25) is 0 Å². The minimum Gasteiger partial charge on any atom is -0.419 e. The van der Waals surface area contributed by atoms with Crippen LogP contribution in [0.1, 0.15) is 51.9 Å². The number of esters is 1. The van der Waals surface area contributed by atoms with Crippen LogP contribution in [0.5, 0.6) is 0 Å². The molecule has 0 aromatic rings. The Hall–Kier alpha value is -0.370. The Balaban J connectivity index is 1.86. The predicted molar refractivity (Wildman–Crippen MR) is 107 cm³/mol. The summed E-state index contributed by atoms with van der Waals surface area (Å²) in [4.78, 5) is 24.8. The van der Waals surface area contributed by atoms with Crippen LogP contribution >= 0.6 is 36.2 Å². The molecule has 3 fully saturated rings. The minimum atomic E-state index is -0.181. The van der Waals surface area contributed by atoms with Gasteiger partial charge in [-0.15, -0.1) is 0 Å². The smallest absolute Gasteiger partial charge is 0.315 e. The molecule has 0 amide bonds. The van der Waals surface area contributed by atoms with Gasteiger partial charge in [-0.05, 0) is 68.9 Å². The third-order valence-corrected chi connectivity index (χ3v) is 7.79. The van der Waals surface area contributed by atoms with Crippen LogP contribution in [0.15, 0.2) is 0 Å². The van der Waals surface area contributed by atoms with Gasteiger partial charge in [-0.2, -0.15) is 0 Å². The molecule has 6 atom stereocenters. The number of thiocarbonyl (C=S) groups is 2. The fraction of sp³-hybridized carbons (Fsp3) is 0.778. The van der Waals surface area contributed by atoms with E-state index in [4.69, 9.17) is 34.9 Å². The highest BCUT2D eigenvalue weighted by Crippen LogP contribution is 2.46. The van der Waals surface area contributed by atoms with Crippen molar-refractivity contribution in [1.29, 1.82) is 0 Å². The Bertz CT molecular complexity index is 592. The van der Waals surface area contributed by atoms with Gasteiger partial charge in [-0.3, -0.25) is 9.59 Å². The topological polar surface area (TPSA) is 69.4 Å². The van der Waals surface area contributed by atoms with Gasteiger partial charge in [0.15, 0.2) is 10.2 Å². The van der Waals surface area contributed by atoms with Crippen molar-refractivity contribution in [1.82, 2.24) is 0 Å². The van der Waals surface area contributed by atoms with Gasteiger partial charge in [0.25, 0.3) is 0 Å². The highest BCUT2D eigenvalue weighted by atomic mass is 32.2. The summed E-state index contributed by atoms with van der Waals surface area (Å²) in [7, 11) is 0. The molecular weight excluding hydrogens is 374 g/mol. The van der Waals surface area contributed by atoms with E-state index in [1.54, 1.807) is 0 Å². The molecule has 0 spiro atoms. The minimum absolute atomic E-state index is 0.0320. The van der Waals surface area contributed by atoms with Gasteiger partial charge in [-0.1, -0.05) is 25.1 Å². The average Bonchev–Trinajstić information content (AvgIpc) is 2.77. The van der Waals surface area contributed by atoms with E-state index >= 15 is 0 Å². The summed E-state index contributed by atoms with van der Waals surface area (Å²) in [6.07, 6.45) is 6.02. The van der Waals surface area contributed by atoms with Crippen molar-refractivity contribution >= 4 is 56.5 Å². The van der Waals surface area contributed by atoms with E-state index in [9.17, 15) is 9.59 Å². The molecule has 1 aliphatic carbocycles. The van der Waals surface area contributed by atoms with E-state index in [1.807, 2.05) is 6.92 Å². The summed E-state index contributed by atoms with van der Waals surface area (Å²) in [5, 5.41) is 0.665. The van der Waals surface area contributed by atoms with E-state index in [2.05, 4.69) is 0 Å². The summed E-state index contributed by atoms with van der Waals surface area (Å²) < 4.78 is 6.03. The van der Waals surface area contributed by atoms with E-state index < -0.39 is 0 Å². The van der Waals surface area contributed by atoms with Gasteiger partial charge in [0.05, 0.1) is 10.1 Å². The molecule has 0 aromatic carbocycles. The zero-order chi connectivity index (χ0) is 18.1. The van der Waals surface area contributed by atoms with Crippen molar-refractivity contribution in [2.75, 3.05) is 0 Å². The number of ether oxygens (including phenoxy) is 1. The molecule has 4 nitrogen and oxygen atoms in total. The van der Waals surface area contributed by atoms with Crippen LogP contribution in [0.2, 0.25) is 0 Å². The van der Waals surface area contributed by atoms with Crippen molar-refractivity contribution in [2.45, 2.75) is 57.9 Å². The van der Waals surface area contributed by atoms with Crippen LogP contribution in [0.4, 0.5) is 0 Å². The zero-order valence-electron chi connectivity index (χ0n) is 14.4. The number of carbonyl (C=O) groups excluding carboxylic acids is 2. The molecule has 2 saturated heterocycles. The Morgan fingerprint density at radius 1 is 1.08 bits per heavy atom. The molecule has 1 saturated carbocycles. The third-order valence-electron chi connectivity index (χ3n) is 5.85. The summed E-state index contributed by atoms with van der Waals surface area (Å²) in [5.41, 5.74) is 6.08. The molecule has 3 aliphatic rings. The van der Waals surface area contributed by atoms with E-state index in [-0.39, 0.29) is 46.7 Å².